The van der Waals surface area contributed by atoms with Crippen LogP contribution in [0.25, 0.3) is 22.0 Å². The van der Waals surface area contributed by atoms with Gasteiger partial charge in [-0.2, -0.15) is 0 Å². The fraction of sp³-hybridized carbons (Fsp3) is 0.133. The van der Waals surface area contributed by atoms with Gasteiger partial charge in [0.25, 0.3) is 0 Å². The summed E-state index contributed by atoms with van der Waals surface area (Å²) in [5.41, 5.74) is 7.09. The zero-order chi connectivity index (χ0) is 14.1. The zero-order valence-corrected chi connectivity index (χ0v) is 11.2. The van der Waals surface area contributed by atoms with Gasteiger partial charge in [0.2, 0.25) is 5.88 Å². The largest absolute Gasteiger partial charge is 0.496 e. The molecule has 0 atom stereocenters. The molecule has 20 heavy (non-hydrogen) atoms. The fourth-order valence-corrected chi connectivity index (χ4v) is 2.32. The number of nitrogens with zero attached hydrogens (tertiary/aromatic N) is 1. The van der Waals surface area contributed by atoms with Crippen LogP contribution in [0.2, 0.25) is 0 Å². The lowest BCUT2D eigenvalue weighted by Crippen LogP contribution is -1.93. The number of nitrogen functional groups attached to an aromatic ring is 1. The van der Waals surface area contributed by atoms with Crippen LogP contribution in [0, 0.1) is 0 Å². The van der Waals surface area contributed by atoms with E-state index in [2.05, 4.69) is 5.16 Å². The second-order valence-electron chi connectivity index (χ2n) is 4.32. The second kappa shape index (κ2) is 4.77. The zero-order valence-electron chi connectivity index (χ0n) is 11.2. The van der Waals surface area contributed by atoms with Gasteiger partial charge in [0, 0.05) is 17.5 Å². The fourth-order valence-electron chi connectivity index (χ4n) is 2.32. The molecule has 0 amide bonds. The van der Waals surface area contributed by atoms with Crippen LogP contribution in [0.1, 0.15) is 0 Å². The van der Waals surface area contributed by atoms with Crippen molar-refractivity contribution in [3.63, 3.8) is 0 Å². The highest BCUT2D eigenvalue weighted by atomic mass is 16.5. The summed E-state index contributed by atoms with van der Waals surface area (Å²) in [6, 6.07) is 11.4. The van der Waals surface area contributed by atoms with E-state index in [-0.39, 0.29) is 5.88 Å². The van der Waals surface area contributed by atoms with E-state index in [1.807, 2.05) is 30.3 Å². The summed E-state index contributed by atoms with van der Waals surface area (Å²) in [6.07, 6.45) is 0. The summed E-state index contributed by atoms with van der Waals surface area (Å²) < 4.78 is 15.8. The van der Waals surface area contributed by atoms with Crippen LogP contribution < -0.4 is 15.2 Å². The molecular weight excluding hydrogens is 256 g/mol. The second-order valence-corrected chi connectivity index (χ2v) is 4.32. The van der Waals surface area contributed by atoms with E-state index in [1.165, 1.54) is 0 Å². The van der Waals surface area contributed by atoms with Gasteiger partial charge < -0.3 is 19.7 Å². The third-order valence-electron chi connectivity index (χ3n) is 3.19. The number of nitrogens with two attached hydrogens (primary N) is 1. The first-order valence-electron chi connectivity index (χ1n) is 6.11. The van der Waals surface area contributed by atoms with Crippen LogP contribution in [-0.2, 0) is 0 Å². The smallest absolute Gasteiger partial charge is 0.222 e. The number of fused-ring (bicyclic) bond motifs is 1. The monoisotopic (exact) mass is 270 g/mol. The van der Waals surface area contributed by atoms with Gasteiger partial charge in [-0.3, -0.25) is 0 Å². The molecule has 5 nitrogen and oxygen atoms in total. The number of anilines is 1. The summed E-state index contributed by atoms with van der Waals surface area (Å²) in [6.45, 7) is 0. The van der Waals surface area contributed by atoms with Crippen LogP contribution in [0.5, 0.6) is 11.5 Å². The first-order chi connectivity index (χ1) is 9.74. The Morgan fingerprint density at radius 3 is 2.30 bits per heavy atom. The van der Waals surface area contributed by atoms with E-state index < -0.39 is 0 Å². The molecule has 0 saturated heterocycles. The molecular formula is C15H14N2O3. The van der Waals surface area contributed by atoms with Crippen molar-refractivity contribution in [2.45, 2.75) is 0 Å². The molecule has 0 bridgehead atoms. The predicted octanol–water partition coefficient (Wildman–Crippen LogP) is 3.09. The Morgan fingerprint density at radius 2 is 1.70 bits per heavy atom. The van der Waals surface area contributed by atoms with Crippen molar-refractivity contribution in [2.24, 2.45) is 0 Å². The van der Waals surface area contributed by atoms with Crippen LogP contribution in [0.15, 0.2) is 40.9 Å². The van der Waals surface area contributed by atoms with Gasteiger partial charge in [-0.1, -0.05) is 29.4 Å². The highest BCUT2D eigenvalue weighted by Crippen LogP contribution is 2.41. The van der Waals surface area contributed by atoms with Gasteiger partial charge in [0.1, 0.15) is 17.2 Å². The molecule has 3 rings (SSSR count). The molecule has 0 aliphatic carbocycles. The molecule has 0 spiro atoms. The predicted molar refractivity (Wildman–Crippen MR) is 77.0 cm³/mol. The van der Waals surface area contributed by atoms with Crippen molar-refractivity contribution in [3.8, 4) is 22.8 Å². The van der Waals surface area contributed by atoms with Crippen molar-refractivity contribution in [1.82, 2.24) is 5.16 Å². The summed E-state index contributed by atoms with van der Waals surface area (Å²) in [4.78, 5) is 0. The van der Waals surface area contributed by atoms with Crippen LogP contribution in [0.3, 0.4) is 0 Å². The van der Waals surface area contributed by atoms with Crippen LogP contribution in [0.4, 0.5) is 5.88 Å². The number of ether oxygens (including phenoxy) is 2. The maximum Gasteiger partial charge on any atom is 0.222 e. The van der Waals surface area contributed by atoms with Crippen molar-refractivity contribution < 1.29 is 14.0 Å². The van der Waals surface area contributed by atoms with E-state index in [0.29, 0.717) is 11.4 Å². The van der Waals surface area contributed by atoms with Crippen molar-refractivity contribution in [3.05, 3.63) is 36.4 Å². The van der Waals surface area contributed by atoms with E-state index in [0.717, 1.165) is 22.1 Å². The number of hydrogen-bond donors (Lipinski definition) is 1. The first kappa shape index (κ1) is 12.3. The summed E-state index contributed by atoms with van der Waals surface area (Å²) in [5, 5.41) is 5.93. The summed E-state index contributed by atoms with van der Waals surface area (Å²) in [7, 11) is 3.24. The maximum absolute atomic E-state index is 5.61. The van der Waals surface area contributed by atoms with Crippen LogP contribution in [-0.4, -0.2) is 19.4 Å². The molecule has 0 fully saturated rings. The average Bonchev–Trinajstić information content (AvgIpc) is 2.91. The number of benzene rings is 2. The lowest BCUT2D eigenvalue weighted by atomic mass is 10.00. The molecule has 0 aliphatic rings. The molecule has 102 valence electrons. The molecule has 2 N–H and O–H groups in total. The summed E-state index contributed by atoms with van der Waals surface area (Å²) in [5.74, 6) is 1.67. The Bertz CT molecular complexity index is 765. The van der Waals surface area contributed by atoms with Gasteiger partial charge in [0.05, 0.1) is 19.8 Å². The quantitative estimate of drug-likeness (QED) is 0.791. The average molecular weight is 270 g/mol. The number of rotatable bonds is 3. The molecule has 1 heterocycles. The minimum atomic E-state index is 0.266. The lowest BCUT2D eigenvalue weighted by Gasteiger charge is -2.13. The molecule has 5 heteroatoms. The Morgan fingerprint density at radius 1 is 1.00 bits per heavy atom. The highest BCUT2D eigenvalue weighted by Gasteiger charge is 2.17. The molecule has 0 unspecified atom stereocenters. The lowest BCUT2D eigenvalue weighted by molar-refractivity contribution is 0.398. The van der Waals surface area contributed by atoms with Gasteiger partial charge in [-0.05, 0) is 5.39 Å². The molecule has 0 radical (unpaired) electrons. The first-order valence-corrected chi connectivity index (χ1v) is 6.11. The Balaban J connectivity index is 2.40. The maximum atomic E-state index is 5.61. The number of aromatic nitrogens is 1. The van der Waals surface area contributed by atoms with Gasteiger partial charge in [-0.25, -0.2) is 0 Å². The third-order valence-corrected chi connectivity index (χ3v) is 3.19. The van der Waals surface area contributed by atoms with E-state index in [1.54, 1.807) is 20.3 Å². The van der Waals surface area contributed by atoms with Crippen molar-refractivity contribution >= 4 is 16.7 Å². The van der Waals surface area contributed by atoms with Gasteiger partial charge in [0.15, 0.2) is 0 Å². The van der Waals surface area contributed by atoms with E-state index in [4.69, 9.17) is 19.7 Å². The molecule has 3 aromatic rings. The minimum absolute atomic E-state index is 0.266. The van der Waals surface area contributed by atoms with Crippen molar-refractivity contribution in [1.29, 1.82) is 0 Å². The molecule has 0 aliphatic heterocycles. The van der Waals surface area contributed by atoms with E-state index in [9.17, 15) is 0 Å². The molecule has 1 aromatic heterocycles. The van der Waals surface area contributed by atoms with Gasteiger partial charge in [-0.15, -0.1) is 0 Å². The van der Waals surface area contributed by atoms with E-state index >= 15 is 0 Å². The highest BCUT2D eigenvalue weighted by molar-refractivity contribution is 6.02. The Labute approximate surface area is 115 Å². The van der Waals surface area contributed by atoms with Crippen LogP contribution >= 0.6 is 0 Å². The minimum Gasteiger partial charge on any atom is -0.496 e. The molecule has 0 saturated carbocycles. The summed E-state index contributed by atoms with van der Waals surface area (Å²) >= 11 is 0. The molecule has 2 aromatic carbocycles. The topological polar surface area (TPSA) is 70.5 Å². The normalized spacial score (nSPS) is 10.7. The van der Waals surface area contributed by atoms with Gasteiger partial charge >= 0.3 is 0 Å². The Kier molecular flexibility index (Phi) is 2.95. The number of methoxy groups -OCH3 is 2. The third kappa shape index (κ3) is 1.84. The number of hydrogen-bond acceptors (Lipinski definition) is 5. The van der Waals surface area contributed by atoms with Crippen molar-refractivity contribution in [2.75, 3.05) is 20.0 Å². The Hall–Kier alpha value is -2.69. The SMILES string of the molecule is COc1cc(OC)c2ccccc2c1-c1cc(N)on1. The standard InChI is InChI=1S/C15H14N2O3/c1-18-12-8-13(19-2)15(11-7-14(16)20-17-11)10-6-4-3-5-9(10)12/h3-8H,16H2,1-2H3.